The van der Waals surface area contributed by atoms with Crippen molar-refractivity contribution < 1.29 is 14.6 Å². The van der Waals surface area contributed by atoms with Gasteiger partial charge in [0.15, 0.2) is 0 Å². The van der Waals surface area contributed by atoms with E-state index in [-0.39, 0.29) is 24.0 Å². The molecule has 0 spiro atoms. The zero-order chi connectivity index (χ0) is 13.6. The normalized spacial score (nSPS) is 29.9. The maximum atomic E-state index is 12.0. The lowest BCUT2D eigenvalue weighted by Crippen LogP contribution is -2.53. The number of amides is 1. The van der Waals surface area contributed by atoms with E-state index in [4.69, 9.17) is 4.74 Å². The fraction of sp³-hybridized carbons (Fsp3) is 0.929. The largest absolute Gasteiger partial charge is 0.394 e. The van der Waals surface area contributed by atoms with Gasteiger partial charge >= 0.3 is 0 Å². The zero-order valence-corrected chi connectivity index (χ0v) is 11.9. The fourth-order valence-corrected chi connectivity index (χ4v) is 2.64. The van der Waals surface area contributed by atoms with Gasteiger partial charge in [-0.2, -0.15) is 0 Å². The van der Waals surface area contributed by atoms with Gasteiger partial charge in [0.2, 0.25) is 5.91 Å². The summed E-state index contributed by atoms with van der Waals surface area (Å²) in [4.78, 5) is 12.0. The molecule has 1 fully saturated rings. The predicted molar refractivity (Wildman–Crippen MR) is 71.2 cm³/mol. The molecular formula is C14H27NO3. The Morgan fingerprint density at radius 2 is 2.11 bits per heavy atom. The summed E-state index contributed by atoms with van der Waals surface area (Å²) in [5.41, 5.74) is -0.379. The van der Waals surface area contributed by atoms with Crippen molar-refractivity contribution in [2.75, 3.05) is 20.3 Å². The number of aliphatic hydroxyl groups is 1. The number of rotatable bonds is 6. The van der Waals surface area contributed by atoms with Crippen LogP contribution in [0.3, 0.4) is 0 Å². The van der Waals surface area contributed by atoms with Gasteiger partial charge in [-0.25, -0.2) is 0 Å². The highest BCUT2D eigenvalue weighted by atomic mass is 16.5. The lowest BCUT2D eigenvalue weighted by molar-refractivity contribution is -0.125. The molecule has 1 aliphatic rings. The van der Waals surface area contributed by atoms with Crippen molar-refractivity contribution in [3.05, 3.63) is 0 Å². The number of methoxy groups -OCH3 is 1. The topological polar surface area (TPSA) is 58.6 Å². The van der Waals surface area contributed by atoms with Crippen LogP contribution in [0, 0.1) is 11.8 Å². The summed E-state index contributed by atoms with van der Waals surface area (Å²) in [6, 6.07) is 0. The Morgan fingerprint density at radius 3 is 2.61 bits per heavy atom. The van der Waals surface area contributed by atoms with Crippen LogP contribution in [0.15, 0.2) is 0 Å². The Morgan fingerprint density at radius 1 is 1.50 bits per heavy atom. The molecule has 1 atom stereocenters. The molecule has 0 bridgehead atoms. The van der Waals surface area contributed by atoms with Crippen molar-refractivity contribution in [3.63, 3.8) is 0 Å². The van der Waals surface area contributed by atoms with Gasteiger partial charge in [0, 0.05) is 20.1 Å². The number of hydrogen-bond acceptors (Lipinski definition) is 3. The lowest BCUT2D eigenvalue weighted by atomic mass is 9.77. The van der Waals surface area contributed by atoms with Gasteiger partial charge < -0.3 is 15.2 Å². The molecule has 0 aromatic heterocycles. The number of carbonyl (C=O) groups excluding carboxylic acids is 1. The average molecular weight is 257 g/mol. The van der Waals surface area contributed by atoms with Crippen molar-refractivity contribution in [2.24, 2.45) is 11.8 Å². The first-order valence-corrected chi connectivity index (χ1v) is 6.92. The van der Waals surface area contributed by atoms with Crippen molar-refractivity contribution in [1.82, 2.24) is 5.32 Å². The van der Waals surface area contributed by atoms with E-state index in [0.717, 1.165) is 25.7 Å². The Kier molecular flexibility index (Phi) is 6.09. The number of carbonyl (C=O) groups is 1. The van der Waals surface area contributed by atoms with E-state index in [1.807, 2.05) is 6.92 Å². The summed E-state index contributed by atoms with van der Waals surface area (Å²) in [6.45, 7) is 4.86. The van der Waals surface area contributed by atoms with Gasteiger partial charge in [0.05, 0.1) is 12.1 Å². The molecule has 0 aromatic rings. The second kappa shape index (κ2) is 7.10. The maximum absolute atomic E-state index is 12.0. The molecule has 1 saturated carbocycles. The minimum Gasteiger partial charge on any atom is -0.394 e. The predicted octanol–water partition coefficient (Wildman–Crippen LogP) is 1.72. The maximum Gasteiger partial charge on any atom is 0.220 e. The highest BCUT2D eigenvalue weighted by Gasteiger charge is 2.35. The lowest BCUT2D eigenvalue weighted by Gasteiger charge is -2.39. The van der Waals surface area contributed by atoms with Crippen LogP contribution in [0.4, 0.5) is 0 Å². The average Bonchev–Trinajstić information content (AvgIpc) is 2.32. The van der Waals surface area contributed by atoms with Crippen molar-refractivity contribution in [3.8, 4) is 0 Å². The van der Waals surface area contributed by atoms with Gasteiger partial charge in [-0.05, 0) is 37.5 Å². The van der Waals surface area contributed by atoms with E-state index in [1.54, 1.807) is 7.11 Å². The number of ether oxygens (including phenoxy) is 1. The molecule has 4 heteroatoms. The number of aliphatic hydroxyl groups excluding tert-OH is 1. The minimum atomic E-state index is -0.379. The molecule has 18 heavy (non-hydrogen) atoms. The number of hydrogen-bond donors (Lipinski definition) is 2. The molecular weight excluding hydrogens is 230 g/mol. The summed E-state index contributed by atoms with van der Waals surface area (Å²) in [6.07, 6.45) is 4.39. The summed E-state index contributed by atoms with van der Waals surface area (Å²) < 4.78 is 5.03. The van der Waals surface area contributed by atoms with E-state index < -0.39 is 0 Å². The van der Waals surface area contributed by atoms with E-state index in [1.165, 1.54) is 0 Å². The molecule has 0 aromatic carbocycles. The second-order valence-corrected chi connectivity index (χ2v) is 5.93. The standard InChI is InChI=1S/C14H27NO3/c1-11-4-6-14(10-16,7-5-11)15-13(17)8-12(2)9-18-3/h11-12,16H,4-10H2,1-3H3,(H,15,17). The fourth-order valence-electron chi connectivity index (χ4n) is 2.64. The SMILES string of the molecule is COCC(C)CC(=O)NC1(CO)CCC(C)CC1. The molecule has 1 rings (SSSR count). The molecule has 1 amide bonds. The van der Waals surface area contributed by atoms with Crippen molar-refractivity contribution in [2.45, 2.75) is 51.5 Å². The van der Waals surface area contributed by atoms with Gasteiger partial charge in [-0.3, -0.25) is 4.79 Å². The molecule has 106 valence electrons. The zero-order valence-electron chi connectivity index (χ0n) is 11.9. The van der Waals surface area contributed by atoms with Crippen molar-refractivity contribution >= 4 is 5.91 Å². The Bertz CT molecular complexity index is 260. The van der Waals surface area contributed by atoms with Crippen LogP contribution < -0.4 is 5.32 Å². The van der Waals surface area contributed by atoms with Crippen LogP contribution in [0.1, 0.15) is 46.0 Å². The number of nitrogens with one attached hydrogen (secondary N) is 1. The third-order valence-corrected chi connectivity index (χ3v) is 3.92. The van der Waals surface area contributed by atoms with Gasteiger partial charge in [-0.15, -0.1) is 0 Å². The van der Waals surface area contributed by atoms with Crippen LogP contribution in [-0.2, 0) is 9.53 Å². The Labute approximate surface area is 110 Å². The van der Waals surface area contributed by atoms with Gasteiger partial charge in [0.1, 0.15) is 0 Å². The highest BCUT2D eigenvalue weighted by Crippen LogP contribution is 2.31. The van der Waals surface area contributed by atoms with Crippen LogP contribution in [0.2, 0.25) is 0 Å². The monoisotopic (exact) mass is 257 g/mol. The van der Waals surface area contributed by atoms with Crippen LogP contribution in [0.5, 0.6) is 0 Å². The first kappa shape index (κ1) is 15.4. The van der Waals surface area contributed by atoms with Crippen LogP contribution in [0.25, 0.3) is 0 Å². The van der Waals surface area contributed by atoms with Crippen LogP contribution >= 0.6 is 0 Å². The third-order valence-electron chi connectivity index (χ3n) is 3.92. The Hall–Kier alpha value is -0.610. The van der Waals surface area contributed by atoms with E-state index in [2.05, 4.69) is 12.2 Å². The first-order valence-electron chi connectivity index (χ1n) is 6.92. The second-order valence-electron chi connectivity index (χ2n) is 5.93. The highest BCUT2D eigenvalue weighted by molar-refractivity contribution is 5.77. The summed E-state index contributed by atoms with van der Waals surface area (Å²) in [5.74, 6) is 0.949. The van der Waals surface area contributed by atoms with E-state index in [9.17, 15) is 9.90 Å². The minimum absolute atomic E-state index is 0.0307. The Balaban J connectivity index is 2.45. The molecule has 1 unspecified atom stereocenters. The summed E-state index contributed by atoms with van der Waals surface area (Å²) in [5, 5.41) is 12.6. The van der Waals surface area contributed by atoms with E-state index in [0.29, 0.717) is 18.9 Å². The molecule has 4 nitrogen and oxygen atoms in total. The smallest absolute Gasteiger partial charge is 0.220 e. The van der Waals surface area contributed by atoms with Gasteiger partial charge in [-0.1, -0.05) is 13.8 Å². The molecule has 0 aliphatic heterocycles. The summed E-state index contributed by atoms with van der Waals surface area (Å²) >= 11 is 0. The van der Waals surface area contributed by atoms with Gasteiger partial charge in [0.25, 0.3) is 0 Å². The molecule has 0 heterocycles. The van der Waals surface area contributed by atoms with Crippen LogP contribution in [-0.4, -0.2) is 36.9 Å². The third kappa shape index (κ3) is 4.58. The molecule has 1 aliphatic carbocycles. The molecule has 0 saturated heterocycles. The summed E-state index contributed by atoms with van der Waals surface area (Å²) in [7, 11) is 1.64. The molecule has 2 N–H and O–H groups in total. The molecule has 0 radical (unpaired) electrons. The first-order chi connectivity index (χ1) is 8.51. The quantitative estimate of drug-likeness (QED) is 0.761. The van der Waals surface area contributed by atoms with E-state index >= 15 is 0 Å². The van der Waals surface area contributed by atoms with Crippen molar-refractivity contribution in [1.29, 1.82) is 0 Å².